The first kappa shape index (κ1) is 26.6. The first-order valence-corrected chi connectivity index (χ1v) is 13.8. The molecule has 0 heterocycles. The highest BCUT2D eigenvalue weighted by molar-refractivity contribution is 7.92. The predicted octanol–water partition coefficient (Wildman–Crippen LogP) is 6.24. The molecule has 0 spiro atoms. The smallest absolute Gasteiger partial charge is 0.330 e. The van der Waals surface area contributed by atoms with E-state index in [4.69, 9.17) is 4.74 Å². The third-order valence-corrected chi connectivity index (χ3v) is 9.57. The molecule has 2 rings (SSSR count). The minimum atomic E-state index is -3.03. The summed E-state index contributed by atoms with van der Waals surface area (Å²) in [7, 11) is -3.03. The van der Waals surface area contributed by atoms with Crippen molar-refractivity contribution in [1.82, 2.24) is 0 Å². The monoisotopic (exact) mass is 462 g/mol. The minimum Gasteiger partial charge on any atom is -0.462 e. The summed E-state index contributed by atoms with van der Waals surface area (Å²) in [5.41, 5.74) is 2.30. The van der Waals surface area contributed by atoms with Gasteiger partial charge in [0.25, 0.3) is 0 Å². The van der Waals surface area contributed by atoms with Gasteiger partial charge < -0.3 is 4.74 Å². The standard InChI is InChI=1S/C27H42O4S/c1-6-21(2)19-31-26(28)18-17-24-11-9-22(10-12-24)7-8-23-13-15-25(16-14-23)20-32(29,30)27(3,4)5/h9-12,17-18,21,23,25H,6-8,13-16,19-20H2,1-5H3/b18-17+. The molecule has 4 nitrogen and oxygen atoms in total. The number of benzene rings is 1. The molecule has 1 unspecified atom stereocenters. The Balaban J connectivity index is 1.73. The van der Waals surface area contributed by atoms with E-state index in [9.17, 15) is 13.2 Å². The molecule has 1 aromatic rings. The molecule has 1 aliphatic rings. The summed E-state index contributed by atoms with van der Waals surface area (Å²) >= 11 is 0. The molecule has 5 heteroatoms. The summed E-state index contributed by atoms with van der Waals surface area (Å²) in [5, 5.41) is 0. The van der Waals surface area contributed by atoms with Crippen LogP contribution < -0.4 is 0 Å². The summed E-state index contributed by atoms with van der Waals surface area (Å²) in [6.45, 7) is 10.0. The maximum Gasteiger partial charge on any atom is 0.330 e. The molecule has 0 radical (unpaired) electrons. The van der Waals surface area contributed by atoms with E-state index in [0.29, 0.717) is 30.1 Å². The third-order valence-electron chi connectivity index (χ3n) is 6.79. The van der Waals surface area contributed by atoms with Crippen LogP contribution in [-0.2, 0) is 25.8 Å². The molecule has 1 saturated carbocycles. The Kier molecular flexibility index (Phi) is 10.00. The number of esters is 1. The normalized spacial score (nSPS) is 20.9. The number of hydrogen-bond donors (Lipinski definition) is 0. The van der Waals surface area contributed by atoms with Crippen LogP contribution in [0, 0.1) is 17.8 Å². The maximum atomic E-state index is 12.5. The van der Waals surface area contributed by atoms with Crippen LogP contribution in [0.1, 0.15) is 84.3 Å². The van der Waals surface area contributed by atoms with Gasteiger partial charge in [0.05, 0.1) is 17.1 Å². The van der Waals surface area contributed by atoms with E-state index in [1.165, 1.54) is 11.6 Å². The second-order valence-electron chi connectivity index (χ2n) is 10.5. The van der Waals surface area contributed by atoms with Crippen molar-refractivity contribution >= 4 is 21.9 Å². The zero-order valence-electron chi connectivity index (χ0n) is 20.6. The van der Waals surface area contributed by atoms with Gasteiger partial charge in [-0.05, 0) is 81.4 Å². The van der Waals surface area contributed by atoms with Gasteiger partial charge in [0.2, 0.25) is 0 Å². The molecule has 32 heavy (non-hydrogen) atoms. The van der Waals surface area contributed by atoms with Gasteiger partial charge in [0.15, 0.2) is 9.84 Å². The van der Waals surface area contributed by atoms with Gasteiger partial charge in [-0.3, -0.25) is 0 Å². The van der Waals surface area contributed by atoms with Crippen LogP contribution in [0.2, 0.25) is 0 Å². The largest absolute Gasteiger partial charge is 0.462 e. The predicted molar refractivity (Wildman–Crippen MR) is 133 cm³/mol. The average molecular weight is 463 g/mol. The highest BCUT2D eigenvalue weighted by Gasteiger charge is 2.33. The van der Waals surface area contributed by atoms with Crippen molar-refractivity contribution in [2.24, 2.45) is 17.8 Å². The molecular formula is C27H42O4S. The van der Waals surface area contributed by atoms with Crippen LogP contribution >= 0.6 is 0 Å². The summed E-state index contributed by atoms with van der Waals surface area (Å²) in [5.74, 6) is 1.43. The average Bonchev–Trinajstić information content (AvgIpc) is 2.75. The number of rotatable bonds is 10. The molecule has 180 valence electrons. The van der Waals surface area contributed by atoms with Gasteiger partial charge in [-0.15, -0.1) is 0 Å². The lowest BCUT2D eigenvalue weighted by atomic mass is 9.80. The summed E-state index contributed by atoms with van der Waals surface area (Å²) < 4.78 is 29.5. The lowest BCUT2D eigenvalue weighted by Gasteiger charge is -2.30. The van der Waals surface area contributed by atoms with Gasteiger partial charge in [0.1, 0.15) is 0 Å². The van der Waals surface area contributed by atoms with Gasteiger partial charge >= 0.3 is 5.97 Å². The van der Waals surface area contributed by atoms with E-state index in [-0.39, 0.29) is 5.97 Å². The Labute approximate surface area is 195 Å². The lowest BCUT2D eigenvalue weighted by Crippen LogP contribution is -2.34. The molecule has 1 aromatic carbocycles. The molecule has 0 amide bonds. The quantitative estimate of drug-likeness (QED) is 0.305. The fourth-order valence-electron chi connectivity index (χ4n) is 3.97. The number of aryl methyl sites for hydroxylation is 1. The number of sulfone groups is 1. The number of hydrogen-bond acceptors (Lipinski definition) is 4. The molecule has 0 aromatic heterocycles. The zero-order chi connectivity index (χ0) is 23.8. The molecule has 1 fully saturated rings. The van der Waals surface area contributed by atoms with Crippen LogP contribution in [0.15, 0.2) is 30.3 Å². The van der Waals surface area contributed by atoms with Crippen molar-refractivity contribution < 1.29 is 17.9 Å². The van der Waals surface area contributed by atoms with Gasteiger partial charge in [-0.1, -0.05) is 57.4 Å². The number of carbonyl (C=O) groups excluding carboxylic acids is 1. The minimum absolute atomic E-state index is 0.291. The zero-order valence-corrected chi connectivity index (χ0v) is 21.4. The van der Waals surface area contributed by atoms with Gasteiger partial charge in [-0.25, -0.2) is 13.2 Å². The Morgan fingerprint density at radius 3 is 2.25 bits per heavy atom. The fraction of sp³-hybridized carbons (Fsp3) is 0.667. The van der Waals surface area contributed by atoms with Crippen molar-refractivity contribution in [3.63, 3.8) is 0 Å². The number of carbonyl (C=O) groups is 1. The maximum absolute atomic E-state index is 12.5. The van der Waals surface area contributed by atoms with E-state index >= 15 is 0 Å². The Hall–Kier alpha value is -1.62. The first-order valence-electron chi connectivity index (χ1n) is 12.2. The van der Waals surface area contributed by atoms with Crippen LogP contribution in [0.4, 0.5) is 0 Å². The Morgan fingerprint density at radius 2 is 1.69 bits per heavy atom. The SMILES string of the molecule is CCC(C)COC(=O)/C=C/c1ccc(CCC2CCC(CS(=O)(=O)C(C)(C)C)CC2)cc1. The molecule has 1 aliphatic carbocycles. The first-order chi connectivity index (χ1) is 15.0. The second kappa shape index (κ2) is 12.0. The highest BCUT2D eigenvalue weighted by Crippen LogP contribution is 2.34. The summed E-state index contributed by atoms with van der Waals surface area (Å²) in [6, 6.07) is 8.35. The van der Waals surface area contributed by atoms with Crippen LogP contribution in [0.25, 0.3) is 6.08 Å². The van der Waals surface area contributed by atoms with Crippen molar-refractivity contribution in [3.05, 3.63) is 41.5 Å². The summed E-state index contributed by atoms with van der Waals surface area (Å²) in [6.07, 6.45) is 10.8. The topological polar surface area (TPSA) is 60.4 Å². The second-order valence-corrected chi connectivity index (χ2v) is 13.3. The summed E-state index contributed by atoms with van der Waals surface area (Å²) in [4.78, 5) is 11.8. The molecule has 0 saturated heterocycles. The molecule has 0 N–H and O–H groups in total. The molecule has 0 aliphatic heterocycles. The van der Waals surface area contributed by atoms with Crippen LogP contribution in [0.3, 0.4) is 0 Å². The Bertz CT molecular complexity index is 839. The number of ether oxygens (including phenoxy) is 1. The lowest BCUT2D eigenvalue weighted by molar-refractivity contribution is -0.138. The van der Waals surface area contributed by atoms with Crippen molar-refractivity contribution in [1.29, 1.82) is 0 Å². The van der Waals surface area contributed by atoms with E-state index in [0.717, 1.165) is 50.5 Å². The van der Waals surface area contributed by atoms with Crippen LogP contribution in [0.5, 0.6) is 0 Å². The van der Waals surface area contributed by atoms with Crippen LogP contribution in [-0.4, -0.2) is 31.5 Å². The van der Waals surface area contributed by atoms with Gasteiger partial charge in [0, 0.05) is 6.08 Å². The van der Waals surface area contributed by atoms with E-state index in [1.54, 1.807) is 26.8 Å². The molecule has 0 bridgehead atoms. The molecular weight excluding hydrogens is 420 g/mol. The highest BCUT2D eigenvalue weighted by atomic mass is 32.2. The van der Waals surface area contributed by atoms with Gasteiger partial charge in [-0.2, -0.15) is 0 Å². The van der Waals surface area contributed by atoms with E-state index in [1.807, 2.05) is 12.1 Å². The molecule has 1 atom stereocenters. The van der Waals surface area contributed by atoms with E-state index in [2.05, 4.69) is 26.0 Å². The van der Waals surface area contributed by atoms with Crippen molar-refractivity contribution in [2.45, 2.75) is 84.3 Å². The fourth-order valence-corrected chi connectivity index (χ4v) is 5.42. The van der Waals surface area contributed by atoms with Crippen molar-refractivity contribution in [3.8, 4) is 0 Å². The third kappa shape index (κ3) is 8.73. The Morgan fingerprint density at radius 1 is 1.09 bits per heavy atom. The van der Waals surface area contributed by atoms with E-state index < -0.39 is 14.6 Å². The van der Waals surface area contributed by atoms with Crippen molar-refractivity contribution in [2.75, 3.05) is 12.4 Å².